The molecule has 0 saturated heterocycles. The molecule has 0 fully saturated rings. The van der Waals surface area contributed by atoms with Crippen molar-refractivity contribution in [2.45, 2.75) is 0 Å². The van der Waals surface area contributed by atoms with Gasteiger partial charge in [-0.15, -0.1) is 0 Å². The second kappa shape index (κ2) is 4.08. The van der Waals surface area contributed by atoms with Crippen molar-refractivity contribution in [3.63, 3.8) is 0 Å². The van der Waals surface area contributed by atoms with Gasteiger partial charge in [-0.1, -0.05) is 0 Å². The van der Waals surface area contributed by atoms with E-state index in [2.05, 4.69) is 15.1 Å². The number of hydrogen-bond donors (Lipinski definition) is 2. The zero-order chi connectivity index (χ0) is 12.4. The molecule has 0 aromatic carbocycles. The Morgan fingerprint density at radius 1 is 1.41 bits per heavy atom. The van der Waals surface area contributed by atoms with Crippen LogP contribution in [0.5, 0.6) is 11.6 Å². The van der Waals surface area contributed by atoms with Gasteiger partial charge < -0.3 is 15.6 Å². The summed E-state index contributed by atoms with van der Waals surface area (Å²) in [5.41, 5.74) is 5.35. The number of aromatic hydroxyl groups is 1. The quantitative estimate of drug-likeness (QED) is 0.759. The van der Waals surface area contributed by atoms with Gasteiger partial charge in [0.05, 0.1) is 18.6 Å². The van der Waals surface area contributed by atoms with Crippen LogP contribution in [0.2, 0.25) is 0 Å². The SMILES string of the molecule is Cn1ncc(-c2ncc(O)cn2)c1OC(N)=O. The Hall–Kier alpha value is -2.64. The fraction of sp³-hybridized carbons (Fsp3) is 0.111. The molecule has 2 aromatic rings. The first kappa shape index (κ1) is 10.9. The standard InChI is InChI=1S/C9H9N5O3/c1-14-8(17-9(10)16)6(4-13-14)7-11-2-5(15)3-12-7/h2-4,15H,1H3,(H2,10,16). The molecule has 0 atom stereocenters. The fourth-order valence-corrected chi connectivity index (χ4v) is 1.26. The van der Waals surface area contributed by atoms with Crippen molar-refractivity contribution in [1.29, 1.82) is 0 Å². The molecular weight excluding hydrogens is 226 g/mol. The van der Waals surface area contributed by atoms with Gasteiger partial charge in [0.2, 0.25) is 5.88 Å². The van der Waals surface area contributed by atoms with Gasteiger partial charge in [0.15, 0.2) is 11.6 Å². The highest BCUT2D eigenvalue weighted by molar-refractivity contribution is 5.71. The number of primary amides is 1. The number of hydrogen-bond acceptors (Lipinski definition) is 6. The Morgan fingerprint density at radius 2 is 2.06 bits per heavy atom. The van der Waals surface area contributed by atoms with E-state index in [0.29, 0.717) is 5.56 Å². The molecule has 0 spiro atoms. The number of aromatic nitrogens is 4. The van der Waals surface area contributed by atoms with Gasteiger partial charge in [-0.3, -0.25) is 0 Å². The summed E-state index contributed by atoms with van der Waals surface area (Å²) in [6, 6.07) is 0. The summed E-state index contributed by atoms with van der Waals surface area (Å²) in [5, 5.41) is 13.0. The highest BCUT2D eigenvalue weighted by atomic mass is 16.6. The molecule has 1 amide bonds. The summed E-state index contributed by atoms with van der Waals surface area (Å²) in [5.74, 6) is 0.352. The van der Waals surface area contributed by atoms with Crippen LogP contribution in [0.1, 0.15) is 0 Å². The minimum Gasteiger partial charge on any atom is -0.505 e. The maximum Gasteiger partial charge on any atom is 0.411 e. The molecule has 2 aromatic heterocycles. The summed E-state index contributed by atoms with van der Waals surface area (Å²) < 4.78 is 6.13. The van der Waals surface area contributed by atoms with Crippen LogP contribution in [0.25, 0.3) is 11.4 Å². The van der Waals surface area contributed by atoms with E-state index < -0.39 is 6.09 Å². The molecule has 2 rings (SSSR count). The molecule has 0 aliphatic rings. The Labute approximate surface area is 95.7 Å². The third-order valence-electron chi connectivity index (χ3n) is 1.96. The first-order valence-electron chi connectivity index (χ1n) is 4.58. The Bertz CT molecular complexity index is 548. The largest absolute Gasteiger partial charge is 0.505 e. The fourth-order valence-electron chi connectivity index (χ4n) is 1.26. The lowest BCUT2D eigenvalue weighted by molar-refractivity contribution is 0.207. The van der Waals surface area contributed by atoms with Gasteiger partial charge in [-0.25, -0.2) is 19.4 Å². The average Bonchev–Trinajstić information content (AvgIpc) is 2.61. The summed E-state index contributed by atoms with van der Waals surface area (Å²) in [4.78, 5) is 18.5. The van der Waals surface area contributed by atoms with Crippen LogP contribution in [0.3, 0.4) is 0 Å². The second-order valence-electron chi connectivity index (χ2n) is 3.17. The number of rotatable bonds is 2. The van der Waals surface area contributed by atoms with Crippen molar-refractivity contribution in [2.24, 2.45) is 12.8 Å². The van der Waals surface area contributed by atoms with Crippen molar-refractivity contribution >= 4 is 6.09 Å². The number of amides is 1. The van der Waals surface area contributed by atoms with E-state index in [1.54, 1.807) is 7.05 Å². The number of carbonyl (C=O) groups is 1. The first-order chi connectivity index (χ1) is 8.08. The smallest absolute Gasteiger partial charge is 0.411 e. The van der Waals surface area contributed by atoms with E-state index in [9.17, 15) is 4.79 Å². The first-order valence-corrected chi connectivity index (χ1v) is 4.58. The highest BCUT2D eigenvalue weighted by Crippen LogP contribution is 2.26. The van der Waals surface area contributed by atoms with Crippen molar-refractivity contribution < 1.29 is 14.6 Å². The zero-order valence-electron chi connectivity index (χ0n) is 8.86. The summed E-state index contributed by atoms with van der Waals surface area (Å²) in [6.07, 6.45) is 2.94. The molecule has 88 valence electrons. The molecule has 0 radical (unpaired) electrons. The average molecular weight is 235 g/mol. The predicted octanol–water partition coefficient (Wildman–Crippen LogP) is 0.0402. The molecule has 0 aliphatic heterocycles. The van der Waals surface area contributed by atoms with Crippen molar-refractivity contribution in [3.8, 4) is 23.0 Å². The lowest BCUT2D eigenvalue weighted by atomic mass is 10.3. The van der Waals surface area contributed by atoms with E-state index in [1.807, 2.05) is 0 Å². The van der Waals surface area contributed by atoms with E-state index >= 15 is 0 Å². The lowest BCUT2D eigenvalue weighted by Crippen LogP contribution is -2.18. The van der Waals surface area contributed by atoms with Gasteiger partial charge in [-0.05, 0) is 0 Å². The van der Waals surface area contributed by atoms with E-state index in [-0.39, 0.29) is 17.5 Å². The number of carbonyl (C=O) groups excluding carboxylic acids is 1. The van der Waals surface area contributed by atoms with Crippen molar-refractivity contribution in [2.75, 3.05) is 0 Å². The van der Waals surface area contributed by atoms with Gasteiger partial charge in [0.25, 0.3) is 0 Å². The Morgan fingerprint density at radius 3 is 2.65 bits per heavy atom. The molecule has 17 heavy (non-hydrogen) atoms. The highest BCUT2D eigenvalue weighted by Gasteiger charge is 2.16. The Kier molecular flexibility index (Phi) is 2.61. The van der Waals surface area contributed by atoms with E-state index in [4.69, 9.17) is 15.6 Å². The molecule has 8 nitrogen and oxygen atoms in total. The minimum atomic E-state index is -0.950. The number of ether oxygens (including phenoxy) is 1. The van der Waals surface area contributed by atoms with Crippen LogP contribution in [-0.2, 0) is 7.05 Å². The number of nitrogens with zero attached hydrogens (tertiary/aromatic N) is 4. The van der Waals surface area contributed by atoms with Crippen LogP contribution >= 0.6 is 0 Å². The number of aryl methyl sites for hydroxylation is 1. The Balaban J connectivity index is 2.45. The van der Waals surface area contributed by atoms with Gasteiger partial charge in [-0.2, -0.15) is 5.10 Å². The van der Waals surface area contributed by atoms with Crippen LogP contribution in [0.4, 0.5) is 4.79 Å². The molecular formula is C9H9N5O3. The van der Waals surface area contributed by atoms with Crippen molar-refractivity contribution in [1.82, 2.24) is 19.7 Å². The van der Waals surface area contributed by atoms with E-state index in [1.165, 1.54) is 23.3 Å². The molecule has 0 aliphatic carbocycles. The maximum absolute atomic E-state index is 10.7. The molecule has 2 heterocycles. The summed E-state index contributed by atoms with van der Waals surface area (Å²) in [7, 11) is 1.59. The topological polar surface area (TPSA) is 116 Å². The van der Waals surface area contributed by atoms with Gasteiger partial charge >= 0.3 is 6.09 Å². The lowest BCUT2D eigenvalue weighted by Gasteiger charge is -2.03. The monoisotopic (exact) mass is 235 g/mol. The van der Waals surface area contributed by atoms with Crippen LogP contribution in [-0.4, -0.2) is 30.9 Å². The van der Waals surface area contributed by atoms with Crippen LogP contribution in [0.15, 0.2) is 18.6 Å². The molecule has 0 saturated carbocycles. The van der Waals surface area contributed by atoms with Crippen LogP contribution in [0, 0.1) is 0 Å². The second-order valence-corrected chi connectivity index (χ2v) is 3.17. The van der Waals surface area contributed by atoms with Crippen LogP contribution < -0.4 is 10.5 Å². The molecule has 0 unspecified atom stereocenters. The normalized spacial score (nSPS) is 10.2. The maximum atomic E-state index is 10.7. The molecule has 0 bridgehead atoms. The third kappa shape index (κ3) is 2.14. The third-order valence-corrected chi connectivity index (χ3v) is 1.96. The van der Waals surface area contributed by atoms with Gasteiger partial charge in [0, 0.05) is 7.05 Å². The van der Waals surface area contributed by atoms with Gasteiger partial charge in [0.1, 0.15) is 5.56 Å². The minimum absolute atomic E-state index is 0.0602. The summed E-state index contributed by atoms with van der Waals surface area (Å²) >= 11 is 0. The molecule has 3 N–H and O–H groups in total. The predicted molar refractivity (Wildman–Crippen MR) is 56.1 cm³/mol. The number of nitrogens with two attached hydrogens (primary N) is 1. The van der Waals surface area contributed by atoms with E-state index in [0.717, 1.165) is 0 Å². The van der Waals surface area contributed by atoms with Crippen molar-refractivity contribution in [3.05, 3.63) is 18.6 Å². The summed E-state index contributed by atoms with van der Waals surface area (Å²) in [6.45, 7) is 0. The molecule has 8 heteroatoms. The zero-order valence-corrected chi connectivity index (χ0v) is 8.86.